The van der Waals surface area contributed by atoms with Gasteiger partial charge in [-0.3, -0.25) is 10.1 Å². The number of methoxy groups -OCH3 is 1. The zero-order valence-electron chi connectivity index (χ0n) is 9.76. The Morgan fingerprint density at radius 1 is 1.59 bits per heavy atom. The van der Waals surface area contributed by atoms with Crippen molar-refractivity contribution in [3.63, 3.8) is 0 Å². The van der Waals surface area contributed by atoms with E-state index < -0.39 is 0 Å². The lowest BCUT2D eigenvalue weighted by Crippen LogP contribution is -2.25. The Morgan fingerprint density at radius 2 is 2.29 bits per heavy atom. The maximum Gasteiger partial charge on any atom is 0.272 e. The van der Waals surface area contributed by atoms with Crippen LogP contribution in [0.4, 0.5) is 5.69 Å². The Balaban J connectivity index is 2.23. The fourth-order valence-electron chi connectivity index (χ4n) is 1.98. The molecule has 5 nitrogen and oxygen atoms in total. The van der Waals surface area contributed by atoms with Crippen LogP contribution in [0.3, 0.4) is 0 Å². The molecule has 17 heavy (non-hydrogen) atoms. The van der Waals surface area contributed by atoms with Gasteiger partial charge in [0.1, 0.15) is 5.75 Å². The van der Waals surface area contributed by atoms with E-state index in [0.717, 1.165) is 12.8 Å². The topological polar surface area (TPSA) is 78.4 Å². The molecule has 2 N–H and O–H groups in total. The van der Waals surface area contributed by atoms with Gasteiger partial charge >= 0.3 is 0 Å². The number of nitrogens with two attached hydrogens (primary N) is 1. The SMILES string of the molecule is COc1ccc([N+](=O)[O-])c(CC(N)C2CC2)c1. The molecule has 5 heteroatoms. The summed E-state index contributed by atoms with van der Waals surface area (Å²) >= 11 is 0. The van der Waals surface area contributed by atoms with Crippen LogP contribution in [0.5, 0.6) is 5.75 Å². The molecule has 92 valence electrons. The molecule has 2 rings (SSSR count). The molecule has 1 aromatic rings. The van der Waals surface area contributed by atoms with Crippen LogP contribution in [0.1, 0.15) is 18.4 Å². The standard InChI is InChI=1S/C12H16N2O3/c1-17-10-4-5-12(14(15)16)9(6-10)7-11(13)8-2-3-8/h4-6,8,11H,2-3,7,13H2,1H3. The minimum absolute atomic E-state index is 0.0146. The second kappa shape index (κ2) is 4.71. The van der Waals surface area contributed by atoms with Crippen LogP contribution in [-0.2, 0) is 6.42 Å². The first kappa shape index (κ1) is 11.9. The van der Waals surface area contributed by atoms with Crippen molar-refractivity contribution in [2.75, 3.05) is 7.11 Å². The van der Waals surface area contributed by atoms with Crippen molar-refractivity contribution in [1.82, 2.24) is 0 Å². The summed E-state index contributed by atoms with van der Waals surface area (Å²) in [4.78, 5) is 10.5. The van der Waals surface area contributed by atoms with Crippen LogP contribution >= 0.6 is 0 Å². The third-order valence-electron chi connectivity index (χ3n) is 3.17. The summed E-state index contributed by atoms with van der Waals surface area (Å²) in [5.74, 6) is 1.16. The van der Waals surface area contributed by atoms with E-state index in [1.54, 1.807) is 19.2 Å². The van der Waals surface area contributed by atoms with Gasteiger partial charge in [-0.2, -0.15) is 0 Å². The van der Waals surface area contributed by atoms with E-state index >= 15 is 0 Å². The molecular formula is C12H16N2O3. The van der Waals surface area contributed by atoms with Gasteiger partial charge in [-0.25, -0.2) is 0 Å². The zero-order chi connectivity index (χ0) is 12.4. The van der Waals surface area contributed by atoms with Gasteiger partial charge in [0.25, 0.3) is 5.69 Å². The molecule has 0 aliphatic heterocycles. The number of rotatable bonds is 5. The zero-order valence-corrected chi connectivity index (χ0v) is 9.76. The predicted octanol–water partition coefficient (Wildman–Crippen LogP) is 1.88. The van der Waals surface area contributed by atoms with E-state index in [4.69, 9.17) is 10.5 Å². The van der Waals surface area contributed by atoms with Crippen molar-refractivity contribution in [2.45, 2.75) is 25.3 Å². The predicted molar refractivity (Wildman–Crippen MR) is 64.1 cm³/mol. The number of nitro groups is 1. The number of ether oxygens (including phenoxy) is 1. The van der Waals surface area contributed by atoms with Gasteiger partial charge in [0.2, 0.25) is 0 Å². The van der Waals surface area contributed by atoms with Gasteiger partial charge in [-0.05, 0) is 37.3 Å². The monoisotopic (exact) mass is 236 g/mol. The van der Waals surface area contributed by atoms with Gasteiger partial charge in [-0.15, -0.1) is 0 Å². The molecule has 0 heterocycles. The Kier molecular flexibility index (Phi) is 3.28. The first-order valence-electron chi connectivity index (χ1n) is 5.68. The van der Waals surface area contributed by atoms with Gasteiger partial charge in [0.15, 0.2) is 0 Å². The van der Waals surface area contributed by atoms with Crippen LogP contribution in [0.25, 0.3) is 0 Å². The van der Waals surface area contributed by atoms with Crippen molar-refractivity contribution < 1.29 is 9.66 Å². The summed E-state index contributed by atoms with van der Waals surface area (Å²) in [6.07, 6.45) is 2.82. The number of hydrogen-bond donors (Lipinski definition) is 1. The fraction of sp³-hybridized carbons (Fsp3) is 0.500. The Bertz CT molecular complexity index is 430. The summed E-state index contributed by atoms with van der Waals surface area (Å²) in [7, 11) is 1.55. The first-order chi connectivity index (χ1) is 8.11. The molecule has 1 aliphatic carbocycles. The van der Waals surface area contributed by atoms with E-state index in [1.807, 2.05) is 0 Å². The molecule has 1 saturated carbocycles. The number of nitro benzene ring substituents is 1. The highest BCUT2D eigenvalue weighted by Crippen LogP contribution is 2.34. The molecule has 0 bridgehead atoms. The minimum Gasteiger partial charge on any atom is -0.497 e. The molecule has 1 aliphatic rings. The van der Waals surface area contributed by atoms with Gasteiger partial charge < -0.3 is 10.5 Å². The Hall–Kier alpha value is -1.62. The summed E-state index contributed by atoms with van der Waals surface area (Å²) in [5, 5.41) is 10.9. The summed E-state index contributed by atoms with van der Waals surface area (Å²) in [6.45, 7) is 0. The lowest BCUT2D eigenvalue weighted by Gasteiger charge is -2.11. The average Bonchev–Trinajstić information content (AvgIpc) is 3.12. The third kappa shape index (κ3) is 2.74. The van der Waals surface area contributed by atoms with Crippen LogP contribution < -0.4 is 10.5 Å². The molecule has 1 fully saturated rings. The largest absolute Gasteiger partial charge is 0.497 e. The highest BCUT2D eigenvalue weighted by molar-refractivity contribution is 5.45. The van der Waals surface area contributed by atoms with E-state index in [-0.39, 0.29) is 16.7 Å². The highest BCUT2D eigenvalue weighted by Gasteiger charge is 2.30. The van der Waals surface area contributed by atoms with Crippen molar-refractivity contribution in [3.8, 4) is 5.75 Å². The van der Waals surface area contributed by atoms with Crippen LogP contribution in [-0.4, -0.2) is 18.1 Å². The summed E-state index contributed by atoms with van der Waals surface area (Å²) in [6, 6.07) is 4.80. The van der Waals surface area contributed by atoms with Gasteiger partial charge in [0.05, 0.1) is 12.0 Å². The maximum absolute atomic E-state index is 10.9. The number of hydrogen-bond acceptors (Lipinski definition) is 4. The molecule has 1 atom stereocenters. The normalized spacial score (nSPS) is 16.6. The molecule has 0 saturated heterocycles. The molecular weight excluding hydrogens is 220 g/mol. The fourth-order valence-corrected chi connectivity index (χ4v) is 1.98. The number of benzene rings is 1. The van der Waals surface area contributed by atoms with Crippen LogP contribution in [0.2, 0.25) is 0 Å². The van der Waals surface area contributed by atoms with Crippen LogP contribution in [0, 0.1) is 16.0 Å². The van der Waals surface area contributed by atoms with E-state index in [0.29, 0.717) is 23.7 Å². The maximum atomic E-state index is 10.9. The molecule has 0 amide bonds. The van der Waals surface area contributed by atoms with Gasteiger partial charge in [-0.1, -0.05) is 0 Å². The Morgan fingerprint density at radius 3 is 2.82 bits per heavy atom. The second-order valence-corrected chi connectivity index (χ2v) is 4.46. The molecule has 1 unspecified atom stereocenters. The van der Waals surface area contributed by atoms with Crippen molar-refractivity contribution in [3.05, 3.63) is 33.9 Å². The molecule has 0 aromatic heterocycles. The van der Waals surface area contributed by atoms with Crippen molar-refractivity contribution >= 4 is 5.69 Å². The van der Waals surface area contributed by atoms with E-state index in [2.05, 4.69) is 0 Å². The Labute approximate surface area is 99.7 Å². The second-order valence-electron chi connectivity index (χ2n) is 4.46. The van der Waals surface area contributed by atoms with Crippen molar-refractivity contribution in [2.24, 2.45) is 11.7 Å². The molecule has 0 spiro atoms. The quantitative estimate of drug-likeness (QED) is 0.625. The lowest BCUT2D eigenvalue weighted by atomic mass is 10.0. The number of nitrogens with zero attached hydrogens (tertiary/aromatic N) is 1. The lowest BCUT2D eigenvalue weighted by molar-refractivity contribution is -0.385. The smallest absolute Gasteiger partial charge is 0.272 e. The van der Waals surface area contributed by atoms with Crippen LogP contribution in [0.15, 0.2) is 18.2 Å². The van der Waals surface area contributed by atoms with Gasteiger partial charge in [0, 0.05) is 17.7 Å². The summed E-state index contributed by atoms with van der Waals surface area (Å²) < 4.78 is 5.08. The minimum atomic E-state index is -0.367. The van der Waals surface area contributed by atoms with E-state index in [9.17, 15) is 10.1 Å². The third-order valence-corrected chi connectivity index (χ3v) is 3.17. The van der Waals surface area contributed by atoms with E-state index in [1.165, 1.54) is 6.07 Å². The molecule has 0 radical (unpaired) electrons. The highest BCUT2D eigenvalue weighted by atomic mass is 16.6. The molecule has 1 aromatic carbocycles. The first-order valence-corrected chi connectivity index (χ1v) is 5.68. The average molecular weight is 236 g/mol. The van der Waals surface area contributed by atoms with Crippen molar-refractivity contribution in [1.29, 1.82) is 0 Å². The summed E-state index contributed by atoms with van der Waals surface area (Å²) in [5.41, 5.74) is 6.80.